The number of nitrogens with one attached hydrogen (secondary N) is 2. The highest BCUT2D eigenvalue weighted by atomic mass is 32.1. The molecule has 8 heteroatoms. The third-order valence-electron chi connectivity index (χ3n) is 3.54. The van der Waals surface area contributed by atoms with Crippen LogP contribution in [-0.2, 0) is 9.59 Å². The maximum atomic E-state index is 13.3. The van der Waals surface area contributed by atoms with Gasteiger partial charge >= 0.3 is 0 Å². The summed E-state index contributed by atoms with van der Waals surface area (Å²) in [6.45, 7) is 3.98. The van der Waals surface area contributed by atoms with E-state index in [4.69, 9.17) is 0 Å². The first-order valence-corrected chi connectivity index (χ1v) is 7.99. The molecule has 2 aromatic rings. The van der Waals surface area contributed by atoms with Crippen molar-refractivity contribution in [2.24, 2.45) is 0 Å². The van der Waals surface area contributed by atoms with Gasteiger partial charge in [-0.15, -0.1) is 10.2 Å². The van der Waals surface area contributed by atoms with Gasteiger partial charge in [0.15, 0.2) is 0 Å². The Hall–Kier alpha value is -2.35. The zero-order valence-corrected chi connectivity index (χ0v) is 13.4. The number of amides is 2. The molecular weight excluding hydrogens is 319 g/mol. The quantitative estimate of drug-likeness (QED) is 0.904. The van der Waals surface area contributed by atoms with Crippen LogP contribution in [0.2, 0.25) is 0 Å². The Morgan fingerprint density at radius 2 is 2.22 bits per heavy atom. The fourth-order valence-corrected chi connectivity index (χ4v) is 3.13. The SMILES string of the molecule is CC(C)c1nnc(NC(=O)[C@H]2CC(=O)Nc3cc(F)ccc32)s1. The van der Waals surface area contributed by atoms with Crippen LogP contribution < -0.4 is 10.6 Å². The van der Waals surface area contributed by atoms with Crippen LogP contribution in [0.3, 0.4) is 0 Å². The minimum Gasteiger partial charge on any atom is -0.326 e. The molecule has 2 amide bonds. The van der Waals surface area contributed by atoms with Crippen molar-refractivity contribution in [2.45, 2.75) is 32.1 Å². The number of benzene rings is 1. The summed E-state index contributed by atoms with van der Waals surface area (Å²) in [5.74, 6) is -1.58. The van der Waals surface area contributed by atoms with Crippen LogP contribution in [0.15, 0.2) is 18.2 Å². The maximum absolute atomic E-state index is 13.3. The van der Waals surface area contributed by atoms with E-state index < -0.39 is 11.7 Å². The van der Waals surface area contributed by atoms with Crippen molar-refractivity contribution in [1.29, 1.82) is 0 Å². The van der Waals surface area contributed by atoms with Gasteiger partial charge in [-0.3, -0.25) is 14.9 Å². The first kappa shape index (κ1) is 15.5. The monoisotopic (exact) mass is 334 g/mol. The van der Waals surface area contributed by atoms with Crippen molar-refractivity contribution in [3.05, 3.63) is 34.6 Å². The molecule has 23 heavy (non-hydrogen) atoms. The van der Waals surface area contributed by atoms with E-state index >= 15 is 0 Å². The van der Waals surface area contributed by atoms with Crippen molar-refractivity contribution in [1.82, 2.24) is 10.2 Å². The minimum atomic E-state index is -0.675. The van der Waals surface area contributed by atoms with E-state index in [-0.39, 0.29) is 24.2 Å². The molecule has 0 radical (unpaired) electrons. The summed E-state index contributed by atoms with van der Waals surface area (Å²) in [4.78, 5) is 24.3. The van der Waals surface area contributed by atoms with Gasteiger partial charge in [0, 0.05) is 18.0 Å². The number of anilines is 2. The van der Waals surface area contributed by atoms with Gasteiger partial charge in [0.05, 0.1) is 5.92 Å². The molecule has 0 fully saturated rings. The molecule has 1 aromatic heterocycles. The molecule has 0 saturated carbocycles. The molecule has 1 atom stereocenters. The molecule has 0 unspecified atom stereocenters. The number of nitrogens with zero attached hydrogens (tertiary/aromatic N) is 2. The molecule has 0 saturated heterocycles. The van der Waals surface area contributed by atoms with Gasteiger partial charge in [0.1, 0.15) is 10.8 Å². The third kappa shape index (κ3) is 3.21. The number of halogens is 1. The molecule has 1 aliphatic rings. The molecule has 0 aliphatic carbocycles. The van der Waals surface area contributed by atoms with E-state index in [1.807, 2.05) is 13.8 Å². The Morgan fingerprint density at radius 3 is 2.91 bits per heavy atom. The average molecular weight is 334 g/mol. The predicted octanol–water partition coefficient (Wildman–Crippen LogP) is 2.87. The Morgan fingerprint density at radius 1 is 1.43 bits per heavy atom. The molecular formula is C15H15FN4O2S. The smallest absolute Gasteiger partial charge is 0.234 e. The lowest BCUT2D eigenvalue weighted by atomic mass is 9.90. The second-order valence-electron chi connectivity index (χ2n) is 5.63. The normalized spacial score (nSPS) is 16.9. The molecule has 120 valence electrons. The maximum Gasteiger partial charge on any atom is 0.234 e. The standard InChI is InChI=1S/C15H15FN4O2S/c1-7(2)14-19-20-15(23-14)18-13(22)10-6-12(21)17-11-5-8(16)3-4-9(10)11/h3-5,7,10H,6H2,1-2H3,(H,17,21)(H,18,20,22)/t10-/m0/s1. The number of carbonyl (C=O) groups is 2. The van der Waals surface area contributed by atoms with Crippen LogP contribution in [0.4, 0.5) is 15.2 Å². The summed E-state index contributed by atoms with van der Waals surface area (Å²) >= 11 is 1.30. The topological polar surface area (TPSA) is 84.0 Å². The van der Waals surface area contributed by atoms with Crippen LogP contribution in [0.5, 0.6) is 0 Å². The Balaban J connectivity index is 1.83. The lowest BCUT2D eigenvalue weighted by molar-refractivity contribution is -0.123. The number of hydrogen-bond acceptors (Lipinski definition) is 5. The largest absolute Gasteiger partial charge is 0.326 e. The van der Waals surface area contributed by atoms with Gasteiger partial charge < -0.3 is 5.32 Å². The number of carbonyl (C=O) groups excluding carboxylic acids is 2. The molecule has 2 N–H and O–H groups in total. The molecule has 2 heterocycles. The lowest BCUT2D eigenvalue weighted by Gasteiger charge is -2.24. The van der Waals surface area contributed by atoms with Crippen molar-refractivity contribution in [3.63, 3.8) is 0 Å². The summed E-state index contributed by atoms with van der Waals surface area (Å²) in [7, 11) is 0. The fraction of sp³-hybridized carbons (Fsp3) is 0.333. The minimum absolute atomic E-state index is 0.0142. The third-order valence-corrected chi connectivity index (χ3v) is 4.67. The summed E-state index contributed by atoms with van der Waals surface area (Å²) in [5.41, 5.74) is 0.929. The van der Waals surface area contributed by atoms with E-state index in [2.05, 4.69) is 20.8 Å². The molecule has 6 nitrogen and oxygen atoms in total. The highest BCUT2D eigenvalue weighted by molar-refractivity contribution is 7.15. The van der Waals surface area contributed by atoms with E-state index in [9.17, 15) is 14.0 Å². The van der Waals surface area contributed by atoms with Gasteiger partial charge in [0.2, 0.25) is 16.9 Å². The van der Waals surface area contributed by atoms with Crippen LogP contribution in [0, 0.1) is 5.82 Å². The molecule has 1 aromatic carbocycles. The second-order valence-corrected chi connectivity index (χ2v) is 6.63. The highest BCUT2D eigenvalue weighted by Crippen LogP contribution is 2.34. The highest BCUT2D eigenvalue weighted by Gasteiger charge is 2.31. The number of fused-ring (bicyclic) bond motifs is 1. The van der Waals surface area contributed by atoms with Gasteiger partial charge in [-0.25, -0.2) is 4.39 Å². The van der Waals surface area contributed by atoms with E-state index in [1.54, 1.807) is 0 Å². The predicted molar refractivity (Wildman–Crippen MR) is 85.0 cm³/mol. The lowest BCUT2D eigenvalue weighted by Crippen LogP contribution is -2.30. The van der Waals surface area contributed by atoms with Crippen LogP contribution in [0.25, 0.3) is 0 Å². The molecule has 1 aliphatic heterocycles. The molecule has 0 spiro atoms. The molecule has 0 bridgehead atoms. The number of hydrogen-bond donors (Lipinski definition) is 2. The first-order valence-electron chi connectivity index (χ1n) is 7.17. The summed E-state index contributed by atoms with van der Waals surface area (Å²) in [6, 6.07) is 4.01. The van der Waals surface area contributed by atoms with E-state index in [1.165, 1.54) is 29.5 Å². The zero-order valence-electron chi connectivity index (χ0n) is 12.6. The average Bonchev–Trinajstić information content (AvgIpc) is 2.94. The summed E-state index contributed by atoms with van der Waals surface area (Å²) in [5, 5.41) is 14.4. The van der Waals surface area contributed by atoms with Gasteiger partial charge in [-0.05, 0) is 17.7 Å². The summed E-state index contributed by atoms with van der Waals surface area (Å²) in [6.07, 6.45) is 0.0142. The van der Waals surface area contributed by atoms with E-state index in [0.29, 0.717) is 16.4 Å². The van der Waals surface area contributed by atoms with Gasteiger partial charge in [-0.1, -0.05) is 31.3 Å². The van der Waals surface area contributed by atoms with Crippen LogP contribution in [0.1, 0.15) is 42.7 Å². The van der Waals surface area contributed by atoms with Crippen LogP contribution >= 0.6 is 11.3 Å². The second kappa shape index (κ2) is 6.04. The van der Waals surface area contributed by atoms with Crippen LogP contribution in [-0.4, -0.2) is 22.0 Å². The van der Waals surface area contributed by atoms with Crippen molar-refractivity contribution >= 4 is 34.0 Å². The van der Waals surface area contributed by atoms with Crippen molar-refractivity contribution in [2.75, 3.05) is 10.6 Å². The number of aromatic nitrogens is 2. The Labute approximate surface area is 136 Å². The van der Waals surface area contributed by atoms with Gasteiger partial charge in [-0.2, -0.15) is 0 Å². The van der Waals surface area contributed by atoms with E-state index in [0.717, 1.165) is 5.01 Å². The zero-order chi connectivity index (χ0) is 16.6. The fourth-order valence-electron chi connectivity index (χ4n) is 2.38. The van der Waals surface area contributed by atoms with Crippen molar-refractivity contribution < 1.29 is 14.0 Å². The molecule has 3 rings (SSSR count). The van der Waals surface area contributed by atoms with Gasteiger partial charge in [0.25, 0.3) is 0 Å². The first-order chi connectivity index (χ1) is 10.9. The Bertz CT molecular complexity index is 775. The Kier molecular flexibility index (Phi) is 4.08. The summed E-state index contributed by atoms with van der Waals surface area (Å²) < 4.78 is 13.3. The van der Waals surface area contributed by atoms with Crippen molar-refractivity contribution in [3.8, 4) is 0 Å². The number of rotatable bonds is 3.